The van der Waals surface area contributed by atoms with Crippen molar-refractivity contribution < 1.29 is 14.6 Å². The Morgan fingerprint density at radius 2 is 2.60 bits per heavy atom. The molecule has 15 heavy (non-hydrogen) atoms. The number of anilines is 1. The maximum atomic E-state index is 10.5. The SMILES string of the molecule is COC(CNc1nc(Br)cs1)CC(=O)O. The van der Waals surface area contributed by atoms with Gasteiger partial charge >= 0.3 is 5.97 Å². The molecule has 1 atom stereocenters. The summed E-state index contributed by atoms with van der Waals surface area (Å²) in [6.45, 7) is 0.433. The third-order valence-corrected chi connectivity index (χ3v) is 3.20. The van der Waals surface area contributed by atoms with Crippen molar-refractivity contribution in [3.05, 3.63) is 9.98 Å². The van der Waals surface area contributed by atoms with Crippen LogP contribution in [-0.2, 0) is 9.53 Å². The standard InChI is InChI=1S/C8H11BrN2O3S/c1-14-5(2-7(12)13)3-10-8-11-6(9)4-15-8/h4-5H,2-3H2,1H3,(H,10,11)(H,12,13). The summed E-state index contributed by atoms with van der Waals surface area (Å²) in [5.41, 5.74) is 0. The number of halogens is 1. The number of carbonyl (C=O) groups is 1. The molecule has 0 aromatic carbocycles. The monoisotopic (exact) mass is 294 g/mol. The molecule has 0 saturated carbocycles. The molecule has 2 N–H and O–H groups in total. The molecule has 0 spiro atoms. The number of thiazole rings is 1. The van der Waals surface area contributed by atoms with Crippen LogP contribution in [0.1, 0.15) is 6.42 Å². The molecule has 7 heteroatoms. The molecule has 0 bridgehead atoms. The highest BCUT2D eigenvalue weighted by molar-refractivity contribution is 9.10. The van der Waals surface area contributed by atoms with E-state index in [2.05, 4.69) is 26.2 Å². The molecule has 1 rings (SSSR count). The molecule has 0 aliphatic heterocycles. The van der Waals surface area contributed by atoms with Crippen LogP contribution in [0.3, 0.4) is 0 Å². The van der Waals surface area contributed by atoms with Crippen LogP contribution < -0.4 is 5.32 Å². The van der Waals surface area contributed by atoms with Gasteiger partial charge in [0, 0.05) is 19.0 Å². The molecule has 0 aliphatic carbocycles. The van der Waals surface area contributed by atoms with Gasteiger partial charge in [0.2, 0.25) is 0 Å². The first-order valence-electron chi connectivity index (χ1n) is 4.21. The largest absolute Gasteiger partial charge is 0.481 e. The highest BCUT2D eigenvalue weighted by Crippen LogP contribution is 2.19. The van der Waals surface area contributed by atoms with Crippen LogP contribution in [0.2, 0.25) is 0 Å². The van der Waals surface area contributed by atoms with Gasteiger partial charge in [-0.25, -0.2) is 4.98 Å². The Balaban J connectivity index is 2.37. The van der Waals surface area contributed by atoms with E-state index in [1.54, 1.807) is 0 Å². The smallest absolute Gasteiger partial charge is 0.306 e. The highest BCUT2D eigenvalue weighted by Gasteiger charge is 2.12. The van der Waals surface area contributed by atoms with Crippen LogP contribution in [0.4, 0.5) is 5.13 Å². The van der Waals surface area contributed by atoms with Gasteiger partial charge in [0.1, 0.15) is 4.60 Å². The average Bonchev–Trinajstić information content (AvgIpc) is 2.58. The number of ether oxygens (including phenoxy) is 1. The van der Waals surface area contributed by atoms with E-state index in [-0.39, 0.29) is 12.5 Å². The number of nitrogens with one attached hydrogen (secondary N) is 1. The van der Waals surface area contributed by atoms with E-state index in [9.17, 15) is 4.79 Å². The summed E-state index contributed by atoms with van der Waals surface area (Å²) < 4.78 is 5.78. The summed E-state index contributed by atoms with van der Waals surface area (Å²) in [5.74, 6) is -0.871. The maximum Gasteiger partial charge on any atom is 0.306 e. The minimum atomic E-state index is -0.871. The zero-order valence-electron chi connectivity index (χ0n) is 8.07. The van der Waals surface area contributed by atoms with Gasteiger partial charge in [0.05, 0.1) is 12.5 Å². The Morgan fingerprint density at radius 3 is 3.07 bits per heavy atom. The van der Waals surface area contributed by atoms with Crippen molar-refractivity contribution >= 4 is 38.4 Å². The van der Waals surface area contributed by atoms with E-state index in [4.69, 9.17) is 9.84 Å². The predicted molar refractivity (Wildman–Crippen MR) is 61.4 cm³/mol. The third-order valence-electron chi connectivity index (χ3n) is 1.69. The number of carboxylic acids is 1. The third kappa shape index (κ3) is 4.59. The van der Waals surface area contributed by atoms with Crippen LogP contribution in [0.15, 0.2) is 9.98 Å². The molecule has 0 fully saturated rings. The van der Waals surface area contributed by atoms with Crippen molar-refractivity contribution in [1.29, 1.82) is 0 Å². The fourth-order valence-electron chi connectivity index (χ4n) is 0.970. The van der Waals surface area contributed by atoms with E-state index in [0.29, 0.717) is 6.54 Å². The lowest BCUT2D eigenvalue weighted by molar-refractivity contribution is -0.139. The Hall–Kier alpha value is -0.660. The Morgan fingerprint density at radius 1 is 1.87 bits per heavy atom. The summed E-state index contributed by atoms with van der Waals surface area (Å²) >= 11 is 4.68. The number of hydrogen-bond acceptors (Lipinski definition) is 5. The van der Waals surface area contributed by atoms with Crippen molar-refractivity contribution in [3.8, 4) is 0 Å². The molecular formula is C8H11BrN2O3S. The van der Waals surface area contributed by atoms with Crippen molar-refractivity contribution in [2.24, 2.45) is 0 Å². The Bertz CT molecular complexity index is 331. The molecule has 1 aromatic rings. The lowest BCUT2D eigenvalue weighted by Crippen LogP contribution is -2.24. The van der Waals surface area contributed by atoms with E-state index in [0.717, 1.165) is 9.73 Å². The van der Waals surface area contributed by atoms with Gasteiger partial charge in [-0.1, -0.05) is 0 Å². The molecule has 84 valence electrons. The van der Waals surface area contributed by atoms with Crippen molar-refractivity contribution in [1.82, 2.24) is 4.98 Å². The second-order valence-corrected chi connectivity index (χ2v) is 4.48. The van der Waals surface area contributed by atoms with Crippen molar-refractivity contribution in [3.63, 3.8) is 0 Å². The molecule has 0 saturated heterocycles. The molecule has 1 heterocycles. The van der Waals surface area contributed by atoms with Crippen LogP contribution in [0.25, 0.3) is 0 Å². The lowest BCUT2D eigenvalue weighted by Gasteiger charge is -2.12. The molecule has 1 aromatic heterocycles. The minimum absolute atomic E-state index is 0.0178. The maximum absolute atomic E-state index is 10.5. The van der Waals surface area contributed by atoms with E-state index in [1.807, 2.05) is 5.38 Å². The molecule has 5 nitrogen and oxygen atoms in total. The van der Waals surface area contributed by atoms with E-state index >= 15 is 0 Å². The van der Waals surface area contributed by atoms with Gasteiger partial charge in [0.15, 0.2) is 5.13 Å². The fourth-order valence-corrected chi connectivity index (χ4v) is 2.12. The Labute approximate surface area is 99.6 Å². The van der Waals surface area contributed by atoms with Crippen LogP contribution in [-0.4, -0.2) is 35.8 Å². The first-order valence-corrected chi connectivity index (χ1v) is 5.88. The van der Waals surface area contributed by atoms with Crippen LogP contribution in [0, 0.1) is 0 Å². The first-order chi connectivity index (χ1) is 7.11. The van der Waals surface area contributed by atoms with Crippen molar-refractivity contribution in [2.75, 3.05) is 19.0 Å². The molecule has 0 aliphatic rings. The molecule has 1 unspecified atom stereocenters. The van der Waals surface area contributed by atoms with Gasteiger partial charge in [-0.05, 0) is 15.9 Å². The predicted octanol–water partition coefficient (Wildman–Crippen LogP) is 1.81. The van der Waals surface area contributed by atoms with Gasteiger partial charge in [0.25, 0.3) is 0 Å². The molecule has 0 amide bonds. The van der Waals surface area contributed by atoms with Crippen LogP contribution in [0.5, 0.6) is 0 Å². The van der Waals surface area contributed by atoms with E-state index < -0.39 is 5.97 Å². The topological polar surface area (TPSA) is 71.5 Å². The zero-order chi connectivity index (χ0) is 11.3. The second-order valence-electron chi connectivity index (χ2n) is 2.81. The second kappa shape index (κ2) is 6.04. The number of rotatable bonds is 6. The fraction of sp³-hybridized carbons (Fsp3) is 0.500. The number of carboxylic acid groups (broad SMARTS) is 1. The summed E-state index contributed by atoms with van der Waals surface area (Å²) in [7, 11) is 1.49. The number of hydrogen-bond donors (Lipinski definition) is 2. The Kier molecular flexibility index (Phi) is 5.00. The summed E-state index contributed by atoms with van der Waals surface area (Å²) in [5, 5.41) is 14.2. The molecule has 0 radical (unpaired) electrons. The summed E-state index contributed by atoms with van der Waals surface area (Å²) in [6.07, 6.45) is -0.360. The van der Waals surface area contributed by atoms with Crippen molar-refractivity contribution in [2.45, 2.75) is 12.5 Å². The van der Waals surface area contributed by atoms with Gasteiger partial charge in [-0.3, -0.25) is 4.79 Å². The minimum Gasteiger partial charge on any atom is -0.481 e. The molecular weight excluding hydrogens is 284 g/mol. The number of nitrogens with zero attached hydrogens (tertiary/aromatic N) is 1. The zero-order valence-corrected chi connectivity index (χ0v) is 10.5. The van der Waals surface area contributed by atoms with Gasteiger partial charge in [-0.15, -0.1) is 11.3 Å². The van der Waals surface area contributed by atoms with E-state index in [1.165, 1.54) is 18.4 Å². The van der Waals surface area contributed by atoms with Gasteiger partial charge in [-0.2, -0.15) is 0 Å². The normalized spacial score (nSPS) is 12.4. The number of aliphatic carboxylic acids is 1. The first kappa shape index (κ1) is 12.4. The summed E-state index contributed by atoms with van der Waals surface area (Å²) in [6, 6.07) is 0. The number of aromatic nitrogens is 1. The van der Waals surface area contributed by atoms with Gasteiger partial charge < -0.3 is 15.2 Å². The van der Waals surface area contributed by atoms with Crippen LogP contribution >= 0.6 is 27.3 Å². The number of methoxy groups -OCH3 is 1. The average molecular weight is 295 g/mol. The summed E-state index contributed by atoms with van der Waals surface area (Å²) in [4.78, 5) is 14.6. The quantitative estimate of drug-likeness (QED) is 0.837. The lowest BCUT2D eigenvalue weighted by atomic mass is 10.2. The highest BCUT2D eigenvalue weighted by atomic mass is 79.9.